The molecule has 0 unspecified atom stereocenters. The summed E-state index contributed by atoms with van der Waals surface area (Å²) < 4.78 is 33.5. The molecule has 2 aromatic carbocycles. The minimum atomic E-state index is -3.74. The van der Waals surface area contributed by atoms with Crippen LogP contribution in [0.15, 0.2) is 71.9 Å². The molecule has 0 aliphatic rings. The minimum Gasteiger partial charge on any atom is -0.492 e. The summed E-state index contributed by atoms with van der Waals surface area (Å²) >= 11 is 0. The SMILES string of the molecule is CCOc1ccc(NC(=O)/C=C/c2cnn(-c3ccccc3)c2)cc1S(=O)(=O)N(C)C. The molecule has 0 spiro atoms. The van der Waals surface area contributed by atoms with Crippen LogP contribution in [0.1, 0.15) is 12.5 Å². The molecule has 1 amide bonds. The number of rotatable bonds is 8. The smallest absolute Gasteiger partial charge is 0.248 e. The maximum atomic E-state index is 12.6. The van der Waals surface area contributed by atoms with E-state index in [-0.39, 0.29) is 10.6 Å². The third kappa shape index (κ3) is 5.39. The number of anilines is 1. The summed E-state index contributed by atoms with van der Waals surface area (Å²) in [5.74, 6) is -0.164. The van der Waals surface area contributed by atoms with Crippen LogP contribution >= 0.6 is 0 Å². The van der Waals surface area contributed by atoms with Crippen LogP contribution in [0.3, 0.4) is 0 Å². The van der Waals surface area contributed by atoms with Crippen LogP contribution in [0.4, 0.5) is 5.69 Å². The lowest BCUT2D eigenvalue weighted by Crippen LogP contribution is -2.23. The molecule has 0 aliphatic carbocycles. The first-order chi connectivity index (χ1) is 14.8. The number of nitrogens with one attached hydrogen (secondary N) is 1. The molecule has 0 fully saturated rings. The predicted octanol–water partition coefficient (Wildman–Crippen LogP) is 3.17. The van der Waals surface area contributed by atoms with Crippen molar-refractivity contribution in [2.24, 2.45) is 0 Å². The van der Waals surface area contributed by atoms with E-state index in [1.807, 2.05) is 30.3 Å². The number of sulfonamides is 1. The van der Waals surface area contributed by atoms with Crippen LogP contribution in [-0.2, 0) is 14.8 Å². The average Bonchev–Trinajstić information content (AvgIpc) is 3.23. The first-order valence-electron chi connectivity index (χ1n) is 9.60. The molecule has 3 aromatic rings. The van der Waals surface area contributed by atoms with Gasteiger partial charge in [-0.05, 0) is 43.3 Å². The van der Waals surface area contributed by atoms with Gasteiger partial charge in [-0.1, -0.05) is 18.2 Å². The maximum absolute atomic E-state index is 12.6. The van der Waals surface area contributed by atoms with E-state index in [1.54, 1.807) is 36.1 Å². The van der Waals surface area contributed by atoms with Gasteiger partial charge in [0.25, 0.3) is 0 Å². The van der Waals surface area contributed by atoms with Gasteiger partial charge in [-0.3, -0.25) is 4.79 Å². The third-order valence-electron chi connectivity index (χ3n) is 4.32. The van der Waals surface area contributed by atoms with E-state index in [1.165, 1.54) is 32.3 Å². The highest BCUT2D eigenvalue weighted by Gasteiger charge is 2.23. The van der Waals surface area contributed by atoms with Crippen molar-refractivity contribution >= 4 is 27.7 Å². The topological polar surface area (TPSA) is 93.5 Å². The quantitative estimate of drug-likeness (QED) is 0.543. The molecule has 0 aliphatic heterocycles. The zero-order valence-electron chi connectivity index (χ0n) is 17.5. The zero-order chi connectivity index (χ0) is 22.4. The second-order valence-electron chi connectivity index (χ2n) is 6.76. The number of carbonyl (C=O) groups is 1. The van der Waals surface area contributed by atoms with Crippen LogP contribution in [0.25, 0.3) is 11.8 Å². The van der Waals surface area contributed by atoms with Crippen molar-refractivity contribution in [2.45, 2.75) is 11.8 Å². The van der Waals surface area contributed by atoms with Gasteiger partial charge in [0.05, 0.1) is 18.5 Å². The van der Waals surface area contributed by atoms with E-state index in [0.29, 0.717) is 12.3 Å². The highest BCUT2D eigenvalue weighted by molar-refractivity contribution is 7.89. The van der Waals surface area contributed by atoms with Crippen molar-refractivity contribution in [3.8, 4) is 11.4 Å². The molecule has 1 N–H and O–H groups in total. The van der Waals surface area contributed by atoms with Crippen molar-refractivity contribution < 1.29 is 17.9 Å². The summed E-state index contributed by atoms with van der Waals surface area (Å²) in [6.07, 6.45) is 6.45. The Morgan fingerprint density at radius 2 is 1.94 bits per heavy atom. The number of carbonyl (C=O) groups excluding carboxylic acids is 1. The van der Waals surface area contributed by atoms with Gasteiger partial charge in [-0.2, -0.15) is 5.10 Å². The van der Waals surface area contributed by atoms with Crippen molar-refractivity contribution in [3.63, 3.8) is 0 Å². The molecule has 0 radical (unpaired) electrons. The first-order valence-corrected chi connectivity index (χ1v) is 11.0. The fourth-order valence-corrected chi connectivity index (χ4v) is 3.81. The molecule has 0 bridgehead atoms. The fraction of sp³-hybridized carbons (Fsp3) is 0.182. The molecule has 1 heterocycles. The Bertz CT molecular complexity index is 1190. The van der Waals surface area contributed by atoms with Gasteiger partial charge in [0.2, 0.25) is 15.9 Å². The lowest BCUT2D eigenvalue weighted by Gasteiger charge is -2.16. The summed E-state index contributed by atoms with van der Waals surface area (Å²) in [4.78, 5) is 12.3. The summed E-state index contributed by atoms with van der Waals surface area (Å²) in [6.45, 7) is 2.09. The Morgan fingerprint density at radius 3 is 2.61 bits per heavy atom. The van der Waals surface area contributed by atoms with Crippen molar-refractivity contribution in [1.29, 1.82) is 0 Å². The predicted molar refractivity (Wildman–Crippen MR) is 120 cm³/mol. The Labute approximate surface area is 181 Å². The average molecular weight is 441 g/mol. The molecule has 162 valence electrons. The molecule has 0 saturated heterocycles. The molecule has 31 heavy (non-hydrogen) atoms. The Kier molecular flexibility index (Phi) is 6.88. The van der Waals surface area contributed by atoms with E-state index in [0.717, 1.165) is 15.6 Å². The number of ether oxygens (including phenoxy) is 1. The molecule has 8 nitrogen and oxygen atoms in total. The number of aromatic nitrogens is 2. The number of benzene rings is 2. The van der Waals surface area contributed by atoms with Gasteiger partial charge in [0.15, 0.2) is 0 Å². The lowest BCUT2D eigenvalue weighted by molar-refractivity contribution is -0.111. The van der Waals surface area contributed by atoms with Crippen LogP contribution in [0.2, 0.25) is 0 Å². The molecule has 1 aromatic heterocycles. The minimum absolute atomic E-state index is 0.00901. The van der Waals surface area contributed by atoms with E-state index >= 15 is 0 Å². The van der Waals surface area contributed by atoms with Crippen LogP contribution in [-0.4, -0.2) is 49.1 Å². The Morgan fingerprint density at radius 1 is 1.19 bits per heavy atom. The molecule has 0 saturated carbocycles. The first kappa shape index (κ1) is 22.3. The number of para-hydroxylation sites is 1. The lowest BCUT2D eigenvalue weighted by atomic mass is 10.2. The summed E-state index contributed by atoms with van der Waals surface area (Å²) in [5, 5.41) is 6.96. The maximum Gasteiger partial charge on any atom is 0.248 e. The number of hydrogen-bond donors (Lipinski definition) is 1. The van der Waals surface area contributed by atoms with E-state index in [4.69, 9.17) is 4.74 Å². The van der Waals surface area contributed by atoms with Crippen molar-refractivity contribution in [3.05, 3.63) is 72.6 Å². The number of amides is 1. The molecular weight excluding hydrogens is 416 g/mol. The van der Waals surface area contributed by atoms with E-state index < -0.39 is 15.9 Å². The van der Waals surface area contributed by atoms with Crippen molar-refractivity contribution in [1.82, 2.24) is 14.1 Å². The van der Waals surface area contributed by atoms with Crippen LogP contribution in [0, 0.1) is 0 Å². The van der Waals surface area contributed by atoms with Gasteiger partial charge in [-0.25, -0.2) is 17.4 Å². The molecular formula is C22H24N4O4S. The van der Waals surface area contributed by atoms with Crippen molar-refractivity contribution in [2.75, 3.05) is 26.0 Å². The number of hydrogen-bond acceptors (Lipinski definition) is 5. The molecule has 0 atom stereocenters. The van der Waals surface area contributed by atoms with E-state index in [2.05, 4.69) is 10.4 Å². The van der Waals surface area contributed by atoms with Gasteiger partial charge >= 0.3 is 0 Å². The van der Waals surface area contributed by atoms with Gasteiger partial charge < -0.3 is 10.1 Å². The standard InChI is InChI=1S/C22H24N4O4S/c1-4-30-20-12-11-18(14-21(20)31(28,29)25(2)3)24-22(27)13-10-17-15-23-26(16-17)19-8-6-5-7-9-19/h5-16H,4H2,1-3H3,(H,24,27)/b13-10+. The highest BCUT2D eigenvalue weighted by atomic mass is 32.2. The van der Waals surface area contributed by atoms with E-state index in [9.17, 15) is 13.2 Å². The van der Waals surface area contributed by atoms with Crippen LogP contribution in [0.5, 0.6) is 5.75 Å². The second-order valence-corrected chi connectivity index (χ2v) is 8.88. The molecule has 9 heteroatoms. The summed E-state index contributed by atoms with van der Waals surface area (Å²) in [5.41, 5.74) is 2.01. The van der Waals surface area contributed by atoms with Gasteiger partial charge in [0.1, 0.15) is 10.6 Å². The fourth-order valence-electron chi connectivity index (χ4n) is 2.76. The second kappa shape index (κ2) is 9.59. The highest BCUT2D eigenvalue weighted by Crippen LogP contribution is 2.29. The Hall–Kier alpha value is -3.43. The number of nitrogens with zero attached hydrogens (tertiary/aromatic N) is 3. The zero-order valence-corrected chi connectivity index (χ0v) is 18.3. The van der Waals surface area contributed by atoms with Gasteiger partial charge in [-0.15, -0.1) is 0 Å². The monoisotopic (exact) mass is 440 g/mol. The van der Waals surface area contributed by atoms with Crippen LogP contribution < -0.4 is 10.1 Å². The largest absolute Gasteiger partial charge is 0.492 e. The summed E-state index contributed by atoms with van der Waals surface area (Å²) in [7, 11) is -0.861. The van der Waals surface area contributed by atoms with Gasteiger partial charge in [0, 0.05) is 37.6 Å². The normalized spacial score (nSPS) is 11.7. The molecule has 3 rings (SSSR count). The Balaban J connectivity index is 1.75. The summed E-state index contributed by atoms with van der Waals surface area (Å²) in [6, 6.07) is 14.1. The third-order valence-corrected chi connectivity index (χ3v) is 6.16.